The fourth-order valence-corrected chi connectivity index (χ4v) is 1.89. The van der Waals surface area contributed by atoms with Crippen molar-refractivity contribution in [3.05, 3.63) is 29.6 Å². The van der Waals surface area contributed by atoms with E-state index in [0.29, 0.717) is 24.2 Å². The standard InChI is InChI=1S/C11H12FNO2/c1-7(14)13-5-4-11(15)9-6-8(12)2-3-10(9)13/h2-3,6,11,15H,4-5H2,1H3/t11-/m1/s1. The van der Waals surface area contributed by atoms with Crippen molar-refractivity contribution < 1.29 is 14.3 Å². The van der Waals surface area contributed by atoms with E-state index in [2.05, 4.69) is 0 Å². The van der Waals surface area contributed by atoms with Crippen LogP contribution in [0.2, 0.25) is 0 Å². The van der Waals surface area contributed by atoms with Crippen molar-refractivity contribution in [2.45, 2.75) is 19.4 Å². The molecule has 2 rings (SSSR count). The summed E-state index contributed by atoms with van der Waals surface area (Å²) in [4.78, 5) is 12.9. The van der Waals surface area contributed by atoms with Crippen LogP contribution in [0.3, 0.4) is 0 Å². The summed E-state index contributed by atoms with van der Waals surface area (Å²) < 4.78 is 13.0. The molecule has 0 spiro atoms. The lowest BCUT2D eigenvalue weighted by atomic mass is 9.99. The maximum Gasteiger partial charge on any atom is 0.223 e. The van der Waals surface area contributed by atoms with E-state index in [9.17, 15) is 14.3 Å². The quantitative estimate of drug-likeness (QED) is 0.705. The van der Waals surface area contributed by atoms with Crippen LogP contribution in [0.5, 0.6) is 0 Å². The second-order valence-electron chi connectivity index (χ2n) is 3.68. The summed E-state index contributed by atoms with van der Waals surface area (Å²) in [7, 11) is 0. The molecular formula is C11H12FNO2. The van der Waals surface area contributed by atoms with Gasteiger partial charge in [0.05, 0.1) is 6.10 Å². The van der Waals surface area contributed by atoms with Gasteiger partial charge in [-0.15, -0.1) is 0 Å². The SMILES string of the molecule is CC(=O)N1CC[C@@H](O)c2cc(F)ccc21. The average molecular weight is 209 g/mol. The summed E-state index contributed by atoms with van der Waals surface area (Å²) in [5, 5.41) is 9.68. The Morgan fingerprint density at radius 3 is 3.00 bits per heavy atom. The van der Waals surface area contributed by atoms with Gasteiger partial charge >= 0.3 is 0 Å². The summed E-state index contributed by atoms with van der Waals surface area (Å²) in [6, 6.07) is 4.12. The smallest absolute Gasteiger partial charge is 0.223 e. The van der Waals surface area contributed by atoms with Crippen LogP contribution in [0.15, 0.2) is 18.2 Å². The van der Waals surface area contributed by atoms with Crippen molar-refractivity contribution in [3.63, 3.8) is 0 Å². The molecule has 1 heterocycles. The second kappa shape index (κ2) is 3.62. The van der Waals surface area contributed by atoms with Crippen LogP contribution in [0.4, 0.5) is 10.1 Å². The predicted molar refractivity (Wildman–Crippen MR) is 54.0 cm³/mol. The van der Waals surface area contributed by atoms with Crippen LogP contribution in [0, 0.1) is 5.82 Å². The van der Waals surface area contributed by atoms with Crippen molar-refractivity contribution in [3.8, 4) is 0 Å². The molecule has 1 amide bonds. The number of nitrogens with zero attached hydrogens (tertiary/aromatic N) is 1. The highest BCUT2D eigenvalue weighted by Crippen LogP contribution is 2.34. The van der Waals surface area contributed by atoms with Gasteiger partial charge in [-0.3, -0.25) is 4.79 Å². The molecule has 0 unspecified atom stereocenters. The highest BCUT2D eigenvalue weighted by Gasteiger charge is 2.25. The monoisotopic (exact) mass is 209 g/mol. The highest BCUT2D eigenvalue weighted by atomic mass is 19.1. The zero-order valence-electron chi connectivity index (χ0n) is 8.40. The molecule has 1 N–H and O–H groups in total. The van der Waals surface area contributed by atoms with Gasteiger partial charge in [0.15, 0.2) is 0 Å². The van der Waals surface area contributed by atoms with Gasteiger partial charge in [-0.2, -0.15) is 0 Å². The third kappa shape index (κ3) is 1.72. The molecule has 0 bridgehead atoms. The lowest BCUT2D eigenvalue weighted by molar-refractivity contribution is -0.116. The van der Waals surface area contributed by atoms with E-state index in [-0.39, 0.29) is 5.91 Å². The minimum atomic E-state index is -0.675. The number of aliphatic hydroxyl groups excluding tert-OH is 1. The van der Waals surface area contributed by atoms with Gasteiger partial charge in [0.2, 0.25) is 5.91 Å². The van der Waals surface area contributed by atoms with Gasteiger partial charge in [-0.05, 0) is 24.6 Å². The first-order chi connectivity index (χ1) is 7.09. The normalized spacial score (nSPS) is 19.9. The fraction of sp³-hybridized carbons (Fsp3) is 0.364. The van der Waals surface area contributed by atoms with Crippen LogP contribution in [-0.2, 0) is 4.79 Å². The maximum absolute atomic E-state index is 13.0. The topological polar surface area (TPSA) is 40.5 Å². The van der Waals surface area contributed by atoms with Crippen LogP contribution in [-0.4, -0.2) is 17.6 Å². The van der Waals surface area contributed by atoms with E-state index in [1.807, 2.05) is 0 Å². The molecule has 0 radical (unpaired) electrons. The first-order valence-corrected chi connectivity index (χ1v) is 4.85. The average Bonchev–Trinajstić information content (AvgIpc) is 2.19. The lowest BCUT2D eigenvalue weighted by Crippen LogP contribution is -2.35. The summed E-state index contributed by atoms with van der Waals surface area (Å²) >= 11 is 0. The number of hydrogen-bond acceptors (Lipinski definition) is 2. The zero-order chi connectivity index (χ0) is 11.0. The molecule has 3 nitrogen and oxygen atoms in total. The van der Waals surface area contributed by atoms with Crippen molar-refractivity contribution in [1.29, 1.82) is 0 Å². The first kappa shape index (κ1) is 10.1. The number of amides is 1. The number of fused-ring (bicyclic) bond motifs is 1. The summed E-state index contributed by atoms with van der Waals surface area (Å²) in [5.41, 5.74) is 1.11. The second-order valence-corrected chi connectivity index (χ2v) is 3.68. The van der Waals surface area contributed by atoms with Crippen LogP contribution in [0.1, 0.15) is 25.0 Å². The van der Waals surface area contributed by atoms with Gasteiger partial charge in [0, 0.05) is 24.7 Å². The Labute approximate surface area is 87.1 Å². The molecule has 1 aliphatic rings. The number of aliphatic hydroxyl groups is 1. The lowest BCUT2D eigenvalue weighted by Gasteiger charge is -2.31. The molecule has 0 fully saturated rings. The molecule has 4 heteroatoms. The molecule has 0 saturated carbocycles. The van der Waals surface area contributed by atoms with Crippen molar-refractivity contribution >= 4 is 11.6 Å². The summed E-state index contributed by atoms with van der Waals surface area (Å²) in [5.74, 6) is -0.479. The Bertz CT molecular complexity index is 406. The zero-order valence-corrected chi connectivity index (χ0v) is 8.40. The molecule has 0 saturated heterocycles. The Morgan fingerprint density at radius 2 is 2.33 bits per heavy atom. The van der Waals surface area contributed by atoms with Gasteiger partial charge in [0.25, 0.3) is 0 Å². The number of halogens is 1. The Balaban J connectivity index is 2.50. The molecule has 80 valence electrons. The Kier molecular flexibility index (Phi) is 2.44. The van der Waals surface area contributed by atoms with Gasteiger partial charge < -0.3 is 10.0 Å². The number of anilines is 1. The number of carbonyl (C=O) groups is 1. The summed E-state index contributed by atoms with van der Waals surface area (Å²) in [6.07, 6.45) is -0.220. The molecule has 1 aromatic carbocycles. The molecule has 1 aliphatic heterocycles. The molecule has 1 atom stereocenters. The maximum atomic E-state index is 13.0. The molecule has 0 aliphatic carbocycles. The van der Waals surface area contributed by atoms with Crippen LogP contribution < -0.4 is 4.90 Å². The van der Waals surface area contributed by atoms with Gasteiger partial charge in [-0.1, -0.05) is 0 Å². The van der Waals surface area contributed by atoms with Crippen LogP contribution >= 0.6 is 0 Å². The Hall–Kier alpha value is -1.42. The van der Waals surface area contributed by atoms with E-state index < -0.39 is 11.9 Å². The molecule has 15 heavy (non-hydrogen) atoms. The third-order valence-corrected chi connectivity index (χ3v) is 2.65. The van der Waals surface area contributed by atoms with Crippen molar-refractivity contribution in [2.24, 2.45) is 0 Å². The molecule has 1 aromatic rings. The van der Waals surface area contributed by atoms with Gasteiger partial charge in [-0.25, -0.2) is 4.39 Å². The fourth-order valence-electron chi connectivity index (χ4n) is 1.89. The number of carbonyl (C=O) groups excluding carboxylic acids is 1. The molecule has 0 aromatic heterocycles. The van der Waals surface area contributed by atoms with E-state index in [1.54, 1.807) is 4.90 Å². The van der Waals surface area contributed by atoms with Gasteiger partial charge in [0.1, 0.15) is 5.82 Å². The predicted octanol–water partition coefficient (Wildman–Crippen LogP) is 1.62. The van der Waals surface area contributed by atoms with E-state index in [4.69, 9.17) is 0 Å². The minimum Gasteiger partial charge on any atom is -0.388 e. The van der Waals surface area contributed by atoms with E-state index in [1.165, 1.54) is 25.1 Å². The largest absolute Gasteiger partial charge is 0.388 e. The third-order valence-electron chi connectivity index (χ3n) is 2.65. The van der Waals surface area contributed by atoms with Crippen molar-refractivity contribution in [2.75, 3.05) is 11.4 Å². The molecular weight excluding hydrogens is 197 g/mol. The van der Waals surface area contributed by atoms with E-state index >= 15 is 0 Å². The van der Waals surface area contributed by atoms with Crippen molar-refractivity contribution in [1.82, 2.24) is 0 Å². The number of rotatable bonds is 0. The van der Waals surface area contributed by atoms with E-state index in [0.717, 1.165) is 0 Å². The first-order valence-electron chi connectivity index (χ1n) is 4.85. The minimum absolute atomic E-state index is 0.0882. The number of hydrogen-bond donors (Lipinski definition) is 1. The van der Waals surface area contributed by atoms with Crippen LogP contribution in [0.25, 0.3) is 0 Å². The summed E-state index contributed by atoms with van der Waals surface area (Å²) in [6.45, 7) is 1.94. The number of benzene rings is 1. The highest BCUT2D eigenvalue weighted by molar-refractivity contribution is 5.92. The Morgan fingerprint density at radius 1 is 1.60 bits per heavy atom.